The lowest BCUT2D eigenvalue weighted by molar-refractivity contribution is -0.0625. The smallest absolute Gasteiger partial charge is 0.412 e. The van der Waals surface area contributed by atoms with Gasteiger partial charge in [-0.05, 0) is 41.0 Å². The van der Waals surface area contributed by atoms with Gasteiger partial charge in [0, 0.05) is 0 Å². The van der Waals surface area contributed by atoms with E-state index in [-0.39, 0.29) is 12.6 Å². The Morgan fingerprint density at radius 2 is 2.11 bits per heavy atom. The summed E-state index contributed by atoms with van der Waals surface area (Å²) in [7, 11) is 0. The lowest BCUT2D eigenvalue weighted by atomic mass is 10.1. The number of carbonyl (C=O) groups excluding carboxylic acids is 1. The quantitative estimate of drug-likeness (QED) is 0.729. The molecule has 0 aromatic heterocycles. The second kappa shape index (κ2) is 5.22. The van der Waals surface area contributed by atoms with Crippen molar-refractivity contribution in [2.75, 3.05) is 13.2 Å². The highest BCUT2D eigenvalue weighted by Crippen LogP contribution is 2.30. The summed E-state index contributed by atoms with van der Waals surface area (Å²) in [5.74, 6) is 0. The van der Waals surface area contributed by atoms with Crippen LogP contribution >= 0.6 is 0 Å². The predicted molar refractivity (Wildman–Crippen MR) is 67.2 cm³/mol. The van der Waals surface area contributed by atoms with E-state index in [0.29, 0.717) is 13.0 Å². The average molecular weight is 258 g/mol. The van der Waals surface area contributed by atoms with Crippen molar-refractivity contribution in [3.8, 4) is 0 Å². The molecule has 6 nitrogen and oxygen atoms in total. The van der Waals surface area contributed by atoms with Gasteiger partial charge >= 0.3 is 6.09 Å². The van der Waals surface area contributed by atoms with Crippen molar-refractivity contribution in [1.29, 1.82) is 0 Å². The molecule has 0 aromatic rings. The maximum absolute atomic E-state index is 12.2. The fourth-order valence-corrected chi connectivity index (χ4v) is 1.98. The monoisotopic (exact) mass is 258 g/mol. The number of hydrogen-bond donors (Lipinski definition) is 0. The van der Waals surface area contributed by atoms with Crippen molar-refractivity contribution in [3.05, 3.63) is 4.91 Å². The number of rotatable bonds is 3. The van der Waals surface area contributed by atoms with Gasteiger partial charge in [-0.1, -0.05) is 5.18 Å². The van der Waals surface area contributed by atoms with Gasteiger partial charge < -0.3 is 9.47 Å². The molecule has 1 heterocycles. The van der Waals surface area contributed by atoms with E-state index in [1.165, 1.54) is 0 Å². The van der Waals surface area contributed by atoms with Crippen LogP contribution in [0.25, 0.3) is 0 Å². The molecule has 1 atom stereocenters. The molecule has 0 aromatic carbocycles. The zero-order valence-corrected chi connectivity index (χ0v) is 11.7. The second-order valence-electron chi connectivity index (χ2n) is 5.90. The zero-order valence-electron chi connectivity index (χ0n) is 11.7. The first-order valence-electron chi connectivity index (χ1n) is 6.13. The SMILES string of the molecule is CC(C)(C)OC(=O)N1[C@@H](CCN=O)COC1(C)C. The van der Waals surface area contributed by atoms with Crippen molar-refractivity contribution in [2.45, 2.75) is 58.4 Å². The normalized spacial score (nSPS) is 22.9. The van der Waals surface area contributed by atoms with E-state index >= 15 is 0 Å². The third-order valence-corrected chi connectivity index (χ3v) is 2.72. The first-order chi connectivity index (χ1) is 8.17. The van der Waals surface area contributed by atoms with E-state index < -0.39 is 17.4 Å². The van der Waals surface area contributed by atoms with Gasteiger partial charge in [0.15, 0.2) is 0 Å². The van der Waals surface area contributed by atoms with Crippen LogP contribution in [0.3, 0.4) is 0 Å². The fourth-order valence-electron chi connectivity index (χ4n) is 1.98. The highest BCUT2D eigenvalue weighted by atomic mass is 16.6. The minimum atomic E-state index is -0.712. The van der Waals surface area contributed by atoms with Crippen molar-refractivity contribution < 1.29 is 14.3 Å². The lowest BCUT2D eigenvalue weighted by Crippen LogP contribution is -2.50. The Kier molecular flexibility index (Phi) is 4.32. The Morgan fingerprint density at radius 3 is 2.61 bits per heavy atom. The van der Waals surface area contributed by atoms with Crippen LogP contribution in [0.2, 0.25) is 0 Å². The molecule has 1 fully saturated rings. The molecule has 1 rings (SSSR count). The van der Waals surface area contributed by atoms with Crippen LogP contribution in [0.4, 0.5) is 4.79 Å². The summed E-state index contributed by atoms with van der Waals surface area (Å²) in [4.78, 5) is 23.9. The maximum Gasteiger partial charge on any atom is 0.412 e. The van der Waals surface area contributed by atoms with Crippen LogP contribution in [-0.2, 0) is 9.47 Å². The van der Waals surface area contributed by atoms with Crippen molar-refractivity contribution in [1.82, 2.24) is 4.90 Å². The summed E-state index contributed by atoms with van der Waals surface area (Å²) in [6.07, 6.45) is 0.0764. The molecule has 0 saturated carbocycles. The molecular weight excluding hydrogens is 236 g/mol. The van der Waals surface area contributed by atoms with Crippen LogP contribution in [-0.4, -0.2) is 41.5 Å². The summed E-state index contributed by atoms with van der Waals surface area (Å²) in [5, 5.41) is 2.83. The number of hydrogen-bond acceptors (Lipinski definition) is 5. The predicted octanol–water partition coefficient (Wildman–Crippen LogP) is 2.51. The fraction of sp³-hybridized carbons (Fsp3) is 0.917. The molecule has 1 aliphatic rings. The van der Waals surface area contributed by atoms with E-state index in [2.05, 4.69) is 5.18 Å². The Hall–Kier alpha value is -1.17. The Balaban J connectivity index is 2.78. The first kappa shape index (κ1) is 14.9. The van der Waals surface area contributed by atoms with Gasteiger partial charge in [-0.15, -0.1) is 0 Å². The van der Waals surface area contributed by atoms with Gasteiger partial charge in [-0.25, -0.2) is 4.79 Å². The molecule has 0 radical (unpaired) electrons. The third-order valence-electron chi connectivity index (χ3n) is 2.72. The lowest BCUT2D eigenvalue weighted by Gasteiger charge is -2.34. The van der Waals surface area contributed by atoms with E-state index in [1.807, 2.05) is 34.6 Å². The van der Waals surface area contributed by atoms with Gasteiger partial charge in [0.05, 0.1) is 19.2 Å². The molecule has 0 spiro atoms. The van der Waals surface area contributed by atoms with Gasteiger partial charge in [0.25, 0.3) is 0 Å². The minimum absolute atomic E-state index is 0.160. The summed E-state index contributed by atoms with van der Waals surface area (Å²) in [6, 6.07) is -0.160. The number of amides is 1. The molecule has 104 valence electrons. The molecule has 18 heavy (non-hydrogen) atoms. The summed E-state index contributed by atoms with van der Waals surface area (Å²) in [6.45, 7) is 9.64. The van der Waals surface area contributed by atoms with E-state index in [1.54, 1.807) is 4.90 Å². The molecule has 1 saturated heterocycles. The largest absolute Gasteiger partial charge is 0.444 e. The number of nitrogens with zero attached hydrogens (tertiary/aromatic N) is 2. The maximum atomic E-state index is 12.2. The number of nitroso groups, excluding NO2 is 1. The molecule has 0 N–H and O–H groups in total. The topological polar surface area (TPSA) is 68.2 Å². The van der Waals surface area contributed by atoms with Gasteiger partial charge in [0.1, 0.15) is 11.3 Å². The number of carbonyl (C=O) groups is 1. The second-order valence-corrected chi connectivity index (χ2v) is 5.90. The molecule has 0 unspecified atom stereocenters. The standard InChI is InChI=1S/C12H22N2O4/c1-11(2,3)18-10(15)14-9(6-7-13-16)8-17-12(14,4)5/h9H,6-8H2,1-5H3/t9-/m0/s1. The molecule has 1 amide bonds. The van der Waals surface area contributed by atoms with Crippen LogP contribution in [0.5, 0.6) is 0 Å². The van der Waals surface area contributed by atoms with E-state index in [0.717, 1.165) is 0 Å². The third kappa shape index (κ3) is 3.66. The molecule has 0 bridgehead atoms. The summed E-state index contributed by atoms with van der Waals surface area (Å²) < 4.78 is 10.9. The van der Waals surface area contributed by atoms with Crippen LogP contribution in [0, 0.1) is 4.91 Å². The van der Waals surface area contributed by atoms with E-state index in [9.17, 15) is 9.70 Å². The van der Waals surface area contributed by atoms with Crippen LogP contribution in [0.15, 0.2) is 5.18 Å². The molecule has 6 heteroatoms. The highest BCUT2D eigenvalue weighted by Gasteiger charge is 2.45. The van der Waals surface area contributed by atoms with Crippen molar-refractivity contribution in [2.24, 2.45) is 5.18 Å². The van der Waals surface area contributed by atoms with Gasteiger partial charge in [-0.2, -0.15) is 4.91 Å². The molecule has 0 aliphatic carbocycles. The Bertz CT molecular complexity index is 323. The summed E-state index contributed by atoms with van der Waals surface area (Å²) in [5.41, 5.74) is -1.26. The van der Waals surface area contributed by atoms with E-state index in [4.69, 9.17) is 9.47 Å². The Morgan fingerprint density at radius 1 is 1.50 bits per heavy atom. The average Bonchev–Trinajstić information content (AvgIpc) is 2.48. The van der Waals surface area contributed by atoms with Gasteiger partial charge in [-0.3, -0.25) is 4.90 Å². The molecule has 1 aliphatic heterocycles. The van der Waals surface area contributed by atoms with Crippen LogP contribution < -0.4 is 0 Å². The zero-order chi connectivity index (χ0) is 14.0. The summed E-state index contributed by atoms with van der Waals surface area (Å²) >= 11 is 0. The Labute approximate surface area is 108 Å². The molecular formula is C12H22N2O4. The van der Waals surface area contributed by atoms with Crippen molar-refractivity contribution in [3.63, 3.8) is 0 Å². The highest BCUT2D eigenvalue weighted by molar-refractivity contribution is 5.69. The van der Waals surface area contributed by atoms with Crippen molar-refractivity contribution >= 4 is 6.09 Å². The minimum Gasteiger partial charge on any atom is -0.444 e. The van der Waals surface area contributed by atoms with Gasteiger partial charge in [0.2, 0.25) is 0 Å². The first-order valence-corrected chi connectivity index (χ1v) is 6.13. The van der Waals surface area contributed by atoms with Crippen LogP contribution in [0.1, 0.15) is 41.0 Å². The number of ether oxygens (including phenoxy) is 2.